The Labute approximate surface area is 115 Å². The summed E-state index contributed by atoms with van der Waals surface area (Å²) in [6, 6.07) is 7.03. The van der Waals surface area contributed by atoms with Crippen LogP contribution in [0.3, 0.4) is 0 Å². The van der Waals surface area contributed by atoms with Gasteiger partial charge in [0.2, 0.25) is 5.91 Å². The maximum atomic E-state index is 12.3. The topological polar surface area (TPSA) is 37.4 Å². The maximum absolute atomic E-state index is 12.3. The molecule has 3 nitrogen and oxygen atoms in total. The molecule has 1 unspecified atom stereocenters. The molecular formula is C16H23NO2. The minimum Gasteiger partial charge on any atom is -0.336 e. The van der Waals surface area contributed by atoms with Gasteiger partial charge in [-0.3, -0.25) is 9.59 Å². The summed E-state index contributed by atoms with van der Waals surface area (Å²) in [7, 11) is 1.70. The number of hydrogen-bond acceptors (Lipinski definition) is 2. The minimum absolute atomic E-state index is 0.0143. The van der Waals surface area contributed by atoms with E-state index in [-0.39, 0.29) is 11.7 Å². The Kier molecular flexibility index (Phi) is 5.28. The molecule has 0 aliphatic carbocycles. The van der Waals surface area contributed by atoms with E-state index >= 15 is 0 Å². The third kappa shape index (κ3) is 4.19. The molecule has 0 radical (unpaired) electrons. The smallest absolute Gasteiger partial charge is 0.223 e. The van der Waals surface area contributed by atoms with Crippen molar-refractivity contribution in [2.24, 2.45) is 5.92 Å². The third-order valence-electron chi connectivity index (χ3n) is 3.27. The first-order chi connectivity index (χ1) is 8.82. The fourth-order valence-electron chi connectivity index (χ4n) is 1.84. The molecule has 0 N–H and O–H groups in total. The minimum atomic E-state index is -0.422. The highest BCUT2D eigenvalue weighted by Gasteiger charge is 2.23. The second-order valence-electron chi connectivity index (χ2n) is 5.51. The molecule has 0 aliphatic heterocycles. The van der Waals surface area contributed by atoms with E-state index in [2.05, 4.69) is 0 Å². The van der Waals surface area contributed by atoms with Gasteiger partial charge in [0.1, 0.15) is 0 Å². The van der Waals surface area contributed by atoms with Gasteiger partial charge in [-0.15, -0.1) is 0 Å². The zero-order valence-electron chi connectivity index (χ0n) is 12.4. The summed E-state index contributed by atoms with van der Waals surface area (Å²) < 4.78 is 0. The zero-order valence-corrected chi connectivity index (χ0v) is 12.4. The average molecular weight is 261 g/mol. The molecule has 0 bridgehead atoms. The number of likely N-dealkylation sites (N-methyl/N-ethyl adjacent to an activating group) is 1. The molecular weight excluding hydrogens is 238 g/mol. The molecule has 1 rings (SSSR count). The third-order valence-corrected chi connectivity index (χ3v) is 3.27. The van der Waals surface area contributed by atoms with Crippen molar-refractivity contribution in [2.75, 3.05) is 7.05 Å². The summed E-state index contributed by atoms with van der Waals surface area (Å²) in [6.07, 6.45) is 0.474. The highest BCUT2D eigenvalue weighted by atomic mass is 16.2. The van der Waals surface area contributed by atoms with Crippen LogP contribution in [0.5, 0.6) is 0 Å². The number of nitrogens with zero attached hydrogens (tertiary/aromatic N) is 1. The fraction of sp³-hybridized carbons (Fsp3) is 0.500. The number of amides is 1. The predicted octanol–water partition coefficient (Wildman–Crippen LogP) is 3.07. The Balaban J connectivity index is 2.76. The van der Waals surface area contributed by atoms with Gasteiger partial charge in [-0.2, -0.15) is 0 Å². The van der Waals surface area contributed by atoms with Gasteiger partial charge in [-0.1, -0.05) is 43.7 Å². The molecule has 1 aromatic carbocycles. The lowest BCUT2D eigenvalue weighted by Gasteiger charge is -2.24. The summed E-state index contributed by atoms with van der Waals surface area (Å²) in [5.41, 5.74) is 1.77. The van der Waals surface area contributed by atoms with Gasteiger partial charge < -0.3 is 4.90 Å². The summed E-state index contributed by atoms with van der Waals surface area (Å²) in [4.78, 5) is 25.8. The largest absolute Gasteiger partial charge is 0.336 e. The monoisotopic (exact) mass is 261 g/mol. The van der Waals surface area contributed by atoms with Crippen molar-refractivity contribution in [1.82, 2.24) is 4.90 Å². The van der Waals surface area contributed by atoms with E-state index < -0.39 is 6.04 Å². The summed E-state index contributed by atoms with van der Waals surface area (Å²) in [5.74, 6) is 0.305. The Morgan fingerprint density at radius 2 is 1.63 bits per heavy atom. The maximum Gasteiger partial charge on any atom is 0.223 e. The highest BCUT2D eigenvalue weighted by Crippen LogP contribution is 2.12. The van der Waals surface area contributed by atoms with Crippen molar-refractivity contribution < 1.29 is 9.59 Å². The van der Waals surface area contributed by atoms with Gasteiger partial charge in [-0.05, 0) is 19.8 Å². The number of hydrogen-bond donors (Lipinski definition) is 0. The quantitative estimate of drug-likeness (QED) is 0.764. The van der Waals surface area contributed by atoms with Crippen molar-refractivity contribution in [3.63, 3.8) is 0 Å². The van der Waals surface area contributed by atoms with Crippen LogP contribution in [0, 0.1) is 12.8 Å². The van der Waals surface area contributed by atoms with Crippen LogP contribution in [0.25, 0.3) is 0 Å². The average Bonchev–Trinajstić information content (AvgIpc) is 2.36. The van der Waals surface area contributed by atoms with Crippen LogP contribution < -0.4 is 0 Å². The van der Waals surface area contributed by atoms with Gasteiger partial charge in [0.05, 0.1) is 6.04 Å². The van der Waals surface area contributed by atoms with Gasteiger partial charge in [0.25, 0.3) is 0 Å². The van der Waals surface area contributed by atoms with Crippen LogP contribution >= 0.6 is 0 Å². The van der Waals surface area contributed by atoms with E-state index in [1.807, 2.05) is 45.0 Å². The Morgan fingerprint density at radius 1 is 1.11 bits per heavy atom. The summed E-state index contributed by atoms with van der Waals surface area (Å²) in [6.45, 7) is 7.76. The van der Waals surface area contributed by atoms with Crippen molar-refractivity contribution in [1.29, 1.82) is 0 Å². The van der Waals surface area contributed by atoms with E-state index in [9.17, 15) is 9.59 Å². The Hall–Kier alpha value is -1.64. The molecule has 19 heavy (non-hydrogen) atoms. The van der Waals surface area contributed by atoms with Crippen molar-refractivity contribution in [3.8, 4) is 0 Å². The van der Waals surface area contributed by atoms with E-state index in [1.165, 1.54) is 0 Å². The standard InChI is InChI=1S/C16H23NO2/c1-11(2)10-15(18)17(5)13(4)16(19)14-8-6-12(3)7-9-14/h6-9,11,13H,10H2,1-5H3. The first kappa shape index (κ1) is 15.4. The number of benzene rings is 1. The highest BCUT2D eigenvalue weighted by molar-refractivity contribution is 6.01. The van der Waals surface area contributed by atoms with Gasteiger partial charge in [-0.25, -0.2) is 0 Å². The normalized spacial score (nSPS) is 12.3. The van der Waals surface area contributed by atoms with Crippen molar-refractivity contribution in [2.45, 2.75) is 40.2 Å². The summed E-state index contributed by atoms with van der Waals surface area (Å²) >= 11 is 0. The Morgan fingerprint density at radius 3 is 2.11 bits per heavy atom. The van der Waals surface area contributed by atoms with Crippen LogP contribution in [0.1, 0.15) is 43.1 Å². The lowest BCUT2D eigenvalue weighted by Crippen LogP contribution is -2.40. The molecule has 0 saturated carbocycles. The lowest BCUT2D eigenvalue weighted by molar-refractivity contribution is -0.131. The van der Waals surface area contributed by atoms with E-state index in [4.69, 9.17) is 0 Å². The lowest BCUT2D eigenvalue weighted by atomic mass is 10.0. The van der Waals surface area contributed by atoms with Crippen molar-refractivity contribution in [3.05, 3.63) is 35.4 Å². The molecule has 1 aromatic rings. The number of carbonyl (C=O) groups is 2. The van der Waals surface area contributed by atoms with Crippen LogP contribution in [0.2, 0.25) is 0 Å². The van der Waals surface area contributed by atoms with Crippen LogP contribution in [0.4, 0.5) is 0 Å². The molecule has 1 atom stereocenters. The zero-order chi connectivity index (χ0) is 14.6. The second-order valence-corrected chi connectivity index (χ2v) is 5.51. The van der Waals surface area contributed by atoms with E-state index in [1.54, 1.807) is 18.9 Å². The van der Waals surface area contributed by atoms with Crippen LogP contribution in [0.15, 0.2) is 24.3 Å². The SMILES string of the molecule is Cc1ccc(C(=O)C(C)N(C)C(=O)CC(C)C)cc1. The Bertz CT molecular complexity index is 448. The fourth-order valence-corrected chi connectivity index (χ4v) is 1.84. The number of ketones is 1. The molecule has 1 amide bonds. The van der Waals surface area contributed by atoms with Gasteiger partial charge in [0, 0.05) is 19.0 Å². The number of Topliss-reactive ketones (excluding diaryl/α,β-unsaturated/α-hetero) is 1. The van der Waals surface area contributed by atoms with Crippen LogP contribution in [-0.4, -0.2) is 29.7 Å². The summed E-state index contributed by atoms with van der Waals surface area (Å²) in [5, 5.41) is 0. The van der Waals surface area contributed by atoms with Gasteiger partial charge in [0.15, 0.2) is 5.78 Å². The number of aryl methyl sites for hydroxylation is 1. The number of carbonyl (C=O) groups excluding carboxylic acids is 2. The first-order valence-corrected chi connectivity index (χ1v) is 6.69. The first-order valence-electron chi connectivity index (χ1n) is 6.69. The second kappa shape index (κ2) is 6.50. The molecule has 0 heterocycles. The number of rotatable bonds is 5. The molecule has 0 aliphatic rings. The van der Waals surface area contributed by atoms with Gasteiger partial charge >= 0.3 is 0 Å². The molecule has 0 saturated heterocycles. The molecule has 0 fully saturated rings. The molecule has 0 spiro atoms. The molecule has 3 heteroatoms. The van der Waals surface area contributed by atoms with Crippen LogP contribution in [-0.2, 0) is 4.79 Å². The van der Waals surface area contributed by atoms with E-state index in [0.29, 0.717) is 17.9 Å². The molecule has 104 valence electrons. The molecule has 0 aromatic heterocycles. The predicted molar refractivity (Wildman–Crippen MR) is 77.2 cm³/mol. The van der Waals surface area contributed by atoms with E-state index in [0.717, 1.165) is 5.56 Å². The van der Waals surface area contributed by atoms with Crippen molar-refractivity contribution >= 4 is 11.7 Å².